The normalized spacial score (nSPS) is 13.9. The summed E-state index contributed by atoms with van der Waals surface area (Å²) in [5, 5.41) is 15.1. The van der Waals surface area contributed by atoms with E-state index in [-0.39, 0.29) is 12.4 Å². The second-order valence-electron chi connectivity index (χ2n) is 4.61. The highest BCUT2D eigenvalue weighted by atomic mass is 19.4. The molecule has 0 aromatic carbocycles. The van der Waals surface area contributed by atoms with Crippen LogP contribution >= 0.6 is 0 Å². The topological polar surface area (TPSA) is 76.4 Å². The van der Waals surface area contributed by atoms with Gasteiger partial charge in [-0.15, -0.1) is 0 Å². The number of hydrogen-bond donors (Lipinski definition) is 2. The Balaban J connectivity index is 2.68. The van der Waals surface area contributed by atoms with Crippen LogP contribution in [0.3, 0.4) is 0 Å². The highest BCUT2D eigenvalue weighted by Crippen LogP contribution is 2.29. The van der Waals surface area contributed by atoms with E-state index in [0.717, 1.165) is 12.4 Å². The Morgan fingerprint density at radius 1 is 1.50 bits per heavy atom. The minimum Gasteiger partial charge on any atom is -0.409 e. The molecule has 0 fully saturated rings. The van der Waals surface area contributed by atoms with Crippen LogP contribution < -0.4 is 5.73 Å². The molecule has 3 N–H and O–H groups in total. The Hall–Kier alpha value is -1.73. The van der Waals surface area contributed by atoms with Crippen molar-refractivity contribution in [3.05, 3.63) is 18.0 Å². The first-order valence-electron chi connectivity index (χ1n) is 5.24. The van der Waals surface area contributed by atoms with Crippen molar-refractivity contribution in [2.75, 3.05) is 0 Å². The Labute approximate surface area is 102 Å². The first kappa shape index (κ1) is 14.3. The first-order valence-corrected chi connectivity index (χ1v) is 5.24. The van der Waals surface area contributed by atoms with Gasteiger partial charge in [0.1, 0.15) is 5.84 Å². The van der Waals surface area contributed by atoms with Crippen LogP contribution in [0.4, 0.5) is 13.2 Å². The highest BCUT2D eigenvalue weighted by Gasteiger charge is 2.32. The summed E-state index contributed by atoms with van der Waals surface area (Å²) in [6.07, 6.45) is -2.28. The molecule has 0 aliphatic rings. The molecule has 0 amide bonds. The van der Waals surface area contributed by atoms with Gasteiger partial charge in [-0.25, -0.2) is 0 Å². The van der Waals surface area contributed by atoms with Gasteiger partial charge in [0, 0.05) is 18.2 Å². The number of hydrogen-bond acceptors (Lipinski definition) is 3. The van der Waals surface area contributed by atoms with Crippen LogP contribution in [-0.2, 0) is 12.7 Å². The molecule has 1 aromatic rings. The van der Waals surface area contributed by atoms with E-state index in [2.05, 4.69) is 10.3 Å². The van der Waals surface area contributed by atoms with Gasteiger partial charge >= 0.3 is 6.18 Å². The maximum Gasteiger partial charge on any atom is 0.419 e. The molecule has 5 nitrogen and oxygen atoms in total. The van der Waals surface area contributed by atoms with Crippen LogP contribution in [0.1, 0.15) is 25.8 Å². The molecule has 0 saturated carbocycles. The molecule has 102 valence electrons. The van der Waals surface area contributed by atoms with Crippen molar-refractivity contribution in [2.45, 2.75) is 33.0 Å². The highest BCUT2D eigenvalue weighted by molar-refractivity contribution is 5.85. The maximum atomic E-state index is 12.3. The number of nitrogens with zero attached hydrogens (tertiary/aromatic N) is 3. The summed E-state index contributed by atoms with van der Waals surface area (Å²) >= 11 is 0. The van der Waals surface area contributed by atoms with Gasteiger partial charge in [-0.3, -0.25) is 4.68 Å². The van der Waals surface area contributed by atoms with Gasteiger partial charge in [-0.05, 0) is 6.42 Å². The second kappa shape index (κ2) is 4.87. The lowest BCUT2D eigenvalue weighted by Crippen LogP contribution is -2.33. The summed E-state index contributed by atoms with van der Waals surface area (Å²) in [5.41, 5.74) is 4.08. The third-order valence-electron chi connectivity index (χ3n) is 2.73. The number of rotatable bonds is 4. The monoisotopic (exact) mass is 264 g/mol. The summed E-state index contributed by atoms with van der Waals surface area (Å²) in [6, 6.07) is 0. The molecule has 0 spiro atoms. The molecule has 1 heterocycles. The van der Waals surface area contributed by atoms with E-state index in [9.17, 15) is 13.2 Å². The van der Waals surface area contributed by atoms with Crippen LogP contribution in [0, 0.1) is 5.41 Å². The van der Waals surface area contributed by atoms with Gasteiger partial charge in [0.25, 0.3) is 0 Å². The number of alkyl halides is 3. The van der Waals surface area contributed by atoms with Crippen molar-refractivity contribution in [3.8, 4) is 0 Å². The van der Waals surface area contributed by atoms with Crippen molar-refractivity contribution in [1.82, 2.24) is 9.78 Å². The third kappa shape index (κ3) is 3.38. The molecule has 18 heavy (non-hydrogen) atoms. The Bertz CT molecular complexity index is 437. The zero-order valence-corrected chi connectivity index (χ0v) is 10.1. The van der Waals surface area contributed by atoms with Gasteiger partial charge < -0.3 is 10.9 Å². The number of oxime groups is 1. The van der Waals surface area contributed by atoms with E-state index in [0.29, 0.717) is 6.42 Å². The Kier molecular flexibility index (Phi) is 3.88. The predicted molar refractivity (Wildman–Crippen MR) is 59.0 cm³/mol. The number of aromatic nitrogens is 2. The summed E-state index contributed by atoms with van der Waals surface area (Å²) in [7, 11) is 0. The molecule has 0 saturated heterocycles. The zero-order chi connectivity index (χ0) is 14.0. The Morgan fingerprint density at radius 3 is 2.56 bits per heavy atom. The minimum absolute atomic E-state index is 0.0331. The summed E-state index contributed by atoms with van der Waals surface area (Å²) in [5.74, 6) is 0.0331. The van der Waals surface area contributed by atoms with E-state index >= 15 is 0 Å². The smallest absolute Gasteiger partial charge is 0.409 e. The Morgan fingerprint density at radius 2 is 2.11 bits per heavy atom. The summed E-state index contributed by atoms with van der Waals surface area (Å²) in [4.78, 5) is 0. The van der Waals surface area contributed by atoms with Crippen molar-refractivity contribution in [1.29, 1.82) is 0 Å². The van der Waals surface area contributed by atoms with Crippen molar-refractivity contribution in [3.63, 3.8) is 0 Å². The molecular formula is C10H15F3N4O. The van der Waals surface area contributed by atoms with Gasteiger partial charge in [0.2, 0.25) is 0 Å². The van der Waals surface area contributed by atoms with E-state index < -0.39 is 17.2 Å². The zero-order valence-electron chi connectivity index (χ0n) is 10.1. The molecule has 0 unspecified atom stereocenters. The quantitative estimate of drug-likeness (QED) is 0.378. The van der Waals surface area contributed by atoms with Gasteiger partial charge in [0.05, 0.1) is 11.8 Å². The van der Waals surface area contributed by atoms with E-state index in [1.165, 1.54) is 4.68 Å². The van der Waals surface area contributed by atoms with Crippen LogP contribution in [0.25, 0.3) is 0 Å². The molecule has 0 bridgehead atoms. The maximum absolute atomic E-state index is 12.3. The lowest BCUT2D eigenvalue weighted by atomic mass is 9.88. The molecule has 0 atom stereocenters. The van der Waals surface area contributed by atoms with E-state index in [1.807, 2.05) is 0 Å². The molecular weight excluding hydrogens is 249 g/mol. The van der Waals surface area contributed by atoms with Crippen molar-refractivity contribution in [2.24, 2.45) is 16.3 Å². The average molecular weight is 264 g/mol. The van der Waals surface area contributed by atoms with Crippen LogP contribution in [0.15, 0.2) is 17.5 Å². The van der Waals surface area contributed by atoms with Crippen molar-refractivity contribution < 1.29 is 18.4 Å². The van der Waals surface area contributed by atoms with Crippen LogP contribution in [0.5, 0.6) is 0 Å². The first-order chi connectivity index (χ1) is 8.16. The molecule has 0 aliphatic heterocycles. The fourth-order valence-corrected chi connectivity index (χ4v) is 1.29. The average Bonchev–Trinajstić information content (AvgIpc) is 2.73. The number of halogens is 3. The van der Waals surface area contributed by atoms with Crippen LogP contribution in [0.2, 0.25) is 0 Å². The van der Waals surface area contributed by atoms with Gasteiger partial charge in [-0.2, -0.15) is 18.3 Å². The SMILES string of the molecule is CC(C)(CCn1cc(C(F)(F)F)cn1)C(N)=NO. The molecule has 0 aliphatic carbocycles. The number of nitrogens with two attached hydrogens (primary N) is 1. The van der Waals surface area contributed by atoms with Crippen LogP contribution in [-0.4, -0.2) is 20.8 Å². The minimum atomic E-state index is -4.39. The molecule has 0 radical (unpaired) electrons. The van der Waals surface area contributed by atoms with E-state index in [4.69, 9.17) is 10.9 Å². The predicted octanol–water partition coefficient (Wildman–Crippen LogP) is 2.06. The molecule has 1 rings (SSSR count). The number of amidine groups is 1. The largest absolute Gasteiger partial charge is 0.419 e. The second-order valence-corrected chi connectivity index (χ2v) is 4.61. The summed E-state index contributed by atoms with van der Waals surface area (Å²) in [6.45, 7) is 3.71. The lowest BCUT2D eigenvalue weighted by molar-refractivity contribution is -0.137. The molecule has 8 heteroatoms. The van der Waals surface area contributed by atoms with Gasteiger partial charge in [-0.1, -0.05) is 19.0 Å². The molecule has 1 aromatic heterocycles. The van der Waals surface area contributed by atoms with Crippen molar-refractivity contribution >= 4 is 5.84 Å². The lowest BCUT2D eigenvalue weighted by Gasteiger charge is -2.22. The third-order valence-corrected chi connectivity index (χ3v) is 2.73. The summed E-state index contributed by atoms with van der Waals surface area (Å²) < 4.78 is 38.2. The van der Waals surface area contributed by atoms with E-state index in [1.54, 1.807) is 13.8 Å². The standard InChI is InChI=1S/C10H15F3N4O/c1-9(2,8(14)16-18)3-4-17-6-7(5-15-17)10(11,12)13/h5-6,18H,3-4H2,1-2H3,(H2,14,16). The fourth-order valence-electron chi connectivity index (χ4n) is 1.29. The number of aryl methyl sites for hydroxylation is 1. The van der Waals surface area contributed by atoms with Gasteiger partial charge in [0.15, 0.2) is 0 Å². The fraction of sp³-hybridized carbons (Fsp3) is 0.600.